The minimum Gasteiger partial charge on any atom is -0.480 e. The Morgan fingerprint density at radius 2 is 2.04 bits per heavy atom. The van der Waals surface area contributed by atoms with Crippen molar-refractivity contribution in [3.05, 3.63) is 23.9 Å². The van der Waals surface area contributed by atoms with E-state index in [0.29, 0.717) is 38.3 Å². The van der Waals surface area contributed by atoms with E-state index < -0.39 is 5.97 Å². The number of amides is 2. The molecule has 1 aliphatic carbocycles. The number of carbonyl (C=O) groups is 2. The van der Waals surface area contributed by atoms with E-state index in [4.69, 9.17) is 10.4 Å². The number of carboxylic acid groups (broad SMARTS) is 1. The molecular weight excluding hydrogens is 360 g/mol. The number of pyridine rings is 1. The van der Waals surface area contributed by atoms with E-state index in [1.54, 1.807) is 12.3 Å². The van der Waals surface area contributed by atoms with Gasteiger partial charge < -0.3 is 20.2 Å². The van der Waals surface area contributed by atoms with Gasteiger partial charge in [0.1, 0.15) is 11.9 Å². The Morgan fingerprint density at radius 1 is 1.32 bits per heavy atom. The zero-order valence-corrected chi connectivity index (χ0v) is 16.0. The summed E-state index contributed by atoms with van der Waals surface area (Å²) in [5, 5.41) is 20.9. The van der Waals surface area contributed by atoms with Crippen molar-refractivity contribution >= 4 is 17.8 Å². The van der Waals surface area contributed by atoms with Crippen molar-refractivity contribution < 1.29 is 14.7 Å². The van der Waals surface area contributed by atoms with Gasteiger partial charge in [-0.05, 0) is 31.5 Å². The first kappa shape index (κ1) is 19.9. The number of piperazine rings is 1. The maximum Gasteiger partial charge on any atom is 0.317 e. The van der Waals surface area contributed by atoms with Crippen molar-refractivity contribution in [1.29, 1.82) is 5.26 Å². The number of aliphatic carboxylic acids is 1. The van der Waals surface area contributed by atoms with Gasteiger partial charge in [-0.2, -0.15) is 5.26 Å². The van der Waals surface area contributed by atoms with E-state index in [0.717, 1.165) is 18.7 Å². The molecule has 3 rings (SSSR count). The molecule has 2 N–H and O–H groups in total. The lowest BCUT2D eigenvalue weighted by Gasteiger charge is -2.43. The third kappa shape index (κ3) is 4.70. The van der Waals surface area contributed by atoms with Crippen molar-refractivity contribution in [2.45, 2.75) is 31.8 Å². The molecule has 1 saturated heterocycles. The van der Waals surface area contributed by atoms with Crippen molar-refractivity contribution in [3.63, 3.8) is 0 Å². The van der Waals surface area contributed by atoms with E-state index in [-0.39, 0.29) is 24.7 Å². The van der Waals surface area contributed by atoms with Crippen molar-refractivity contribution in [2.75, 3.05) is 44.2 Å². The van der Waals surface area contributed by atoms with Crippen LogP contribution in [0.3, 0.4) is 0 Å². The molecular formula is C19H26N6O3. The van der Waals surface area contributed by atoms with Crippen LogP contribution in [0.25, 0.3) is 0 Å². The van der Waals surface area contributed by atoms with Crippen LogP contribution in [0.4, 0.5) is 10.6 Å². The molecule has 0 atom stereocenters. The van der Waals surface area contributed by atoms with Gasteiger partial charge in [0.25, 0.3) is 0 Å². The highest BCUT2D eigenvalue weighted by molar-refractivity contribution is 5.75. The molecule has 1 aromatic rings. The van der Waals surface area contributed by atoms with Gasteiger partial charge >= 0.3 is 12.0 Å². The molecule has 1 saturated carbocycles. The number of aromatic nitrogens is 1. The first-order chi connectivity index (χ1) is 13.5. The van der Waals surface area contributed by atoms with Gasteiger partial charge in [-0.15, -0.1) is 0 Å². The Labute approximate surface area is 164 Å². The van der Waals surface area contributed by atoms with Crippen LogP contribution in [-0.2, 0) is 4.79 Å². The number of rotatable bonds is 6. The minimum absolute atomic E-state index is 0.0488. The molecule has 0 unspecified atom stereocenters. The second-order valence-electron chi connectivity index (χ2n) is 7.22. The lowest BCUT2D eigenvalue weighted by molar-refractivity contribution is -0.139. The summed E-state index contributed by atoms with van der Waals surface area (Å²) in [6.45, 7) is 5.32. The molecule has 0 bridgehead atoms. The van der Waals surface area contributed by atoms with Crippen LogP contribution < -0.4 is 10.2 Å². The molecule has 1 aromatic heterocycles. The second-order valence-corrected chi connectivity index (χ2v) is 7.22. The van der Waals surface area contributed by atoms with Crippen LogP contribution in [0.5, 0.6) is 0 Å². The Morgan fingerprint density at radius 3 is 2.57 bits per heavy atom. The molecule has 2 aliphatic rings. The lowest BCUT2D eigenvalue weighted by Crippen LogP contribution is -2.59. The SMILES string of the molecule is CCN(CC(=O)O)C1CC(NC(=O)N2CCN(c3ccc(C#N)cn3)CC2)C1. The molecule has 2 heterocycles. The fourth-order valence-corrected chi connectivity index (χ4v) is 3.72. The Hall–Kier alpha value is -2.86. The molecule has 0 spiro atoms. The fraction of sp³-hybridized carbons (Fsp3) is 0.579. The minimum atomic E-state index is -0.816. The predicted octanol–water partition coefficient (Wildman–Crippen LogP) is 0.722. The van der Waals surface area contributed by atoms with Gasteiger partial charge in [0.2, 0.25) is 0 Å². The smallest absolute Gasteiger partial charge is 0.317 e. The summed E-state index contributed by atoms with van der Waals surface area (Å²) in [5.41, 5.74) is 0.533. The molecule has 2 amide bonds. The normalized spacial score (nSPS) is 21.8. The lowest BCUT2D eigenvalue weighted by atomic mass is 9.85. The summed E-state index contributed by atoms with van der Waals surface area (Å²) in [4.78, 5) is 33.5. The number of urea groups is 1. The van der Waals surface area contributed by atoms with Gasteiger partial charge in [-0.25, -0.2) is 9.78 Å². The summed E-state index contributed by atoms with van der Waals surface area (Å²) >= 11 is 0. The second kappa shape index (κ2) is 8.89. The van der Waals surface area contributed by atoms with Crippen molar-refractivity contribution in [3.8, 4) is 6.07 Å². The summed E-state index contributed by atoms with van der Waals surface area (Å²) in [5.74, 6) is 0.00272. The number of carboxylic acids is 1. The number of likely N-dealkylation sites (N-methyl/N-ethyl adjacent to an activating group) is 1. The number of hydrogen-bond donors (Lipinski definition) is 2. The maximum atomic E-state index is 12.5. The average Bonchev–Trinajstić information content (AvgIpc) is 2.68. The van der Waals surface area contributed by atoms with E-state index >= 15 is 0 Å². The van der Waals surface area contributed by atoms with E-state index in [9.17, 15) is 9.59 Å². The summed E-state index contributed by atoms with van der Waals surface area (Å²) < 4.78 is 0. The van der Waals surface area contributed by atoms with Crippen LogP contribution in [-0.4, -0.2) is 83.2 Å². The summed E-state index contributed by atoms with van der Waals surface area (Å²) in [6.07, 6.45) is 3.15. The van der Waals surface area contributed by atoms with Gasteiger partial charge in [0.05, 0.1) is 12.1 Å². The third-order valence-corrected chi connectivity index (χ3v) is 5.47. The quantitative estimate of drug-likeness (QED) is 0.741. The van der Waals surface area contributed by atoms with Gasteiger partial charge in [0, 0.05) is 44.5 Å². The molecule has 9 heteroatoms. The molecule has 150 valence electrons. The Bertz CT molecular complexity index is 733. The standard InChI is InChI=1S/C19H26N6O3/c1-2-23(13-18(26)27)16-9-15(10-16)22-19(28)25-7-5-24(6-8-25)17-4-3-14(11-20)12-21-17/h3-4,12,15-16H,2,5-10,13H2,1H3,(H,22,28)(H,26,27). The van der Waals surface area contributed by atoms with Gasteiger partial charge in [0.15, 0.2) is 0 Å². The van der Waals surface area contributed by atoms with Gasteiger partial charge in [-0.1, -0.05) is 6.92 Å². The predicted molar refractivity (Wildman–Crippen MR) is 103 cm³/mol. The number of nitriles is 1. The number of anilines is 1. The highest BCUT2D eigenvalue weighted by Gasteiger charge is 2.35. The first-order valence-corrected chi connectivity index (χ1v) is 9.62. The van der Waals surface area contributed by atoms with E-state index in [1.165, 1.54) is 0 Å². The number of carbonyl (C=O) groups excluding carboxylic acids is 1. The number of nitrogens with zero attached hydrogens (tertiary/aromatic N) is 5. The molecule has 1 aliphatic heterocycles. The van der Waals surface area contributed by atoms with Crippen molar-refractivity contribution in [2.24, 2.45) is 0 Å². The van der Waals surface area contributed by atoms with Gasteiger partial charge in [-0.3, -0.25) is 9.69 Å². The summed E-state index contributed by atoms with van der Waals surface area (Å²) in [6, 6.07) is 5.92. The molecule has 0 aromatic carbocycles. The Kier molecular flexibility index (Phi) is 6.31. The molecule has 28 heavy (non-hydrogen) atoms. The topological polar surface area (TPSA) is 113 Å². The number of nitrogens with one attached hydrogen (secondary N) is 1. The van der Waals surface area contributed by atoms with E-state index in [1.807, 2.05) is 22.8 Å². The average molecular weight is 386 g/mol. The zero-order chi connectivity index (χ0) is 20.1. The van der Waals surface area contributed by atoms with Crippen LogP contribution in [0.15, 0.2) is 18.3 Å². The van der Waals surface area contributed by atoms with E-state index in [2.05, 4.69) is 21.3 Å². The Balaban J connectivity index is 1.41. The van der Waals surface area contributed by atoms with Crippen LogP contribution in [0.1, 0.15) is 25.3 Å². The highest BCUT2D eigenvalue weighted by atomic mass is 16.4. The van der Waals surface area contributed by atoms with Crippen molar-refractivity contribution in [1.82, 2.24) is 20.1 Å². The summed E-state index contributed by atoms with van der Waals surface area (Å²) in [7, 11) is 0. The third-order valence-electron chi connectivity index (χ3n) is 5.47. The maximum absolute atomic E-state index is 12.5. The largest absolute Gasteiger partial charge is 0.480 e. The van der Waals surface area contributed by atoms with Crippen LogP contribution >= 0.6 is 0 Å². The van der Waals surface area contributed by atoms with Crippen LogP contribution in [0.2, 0.25) is 0 Å². The first-order valence-electron chi connectivity index (χ1n) is 9.62. The van der Waals surface area contributed by atoms with Crippen LogP contribution in [0, 0.1) is 11.3 Å². The number of hydrogen-bond acceptors (Lipinski definition) is 6. The molecule has 0 radical (unpaired) electrons. The molecule has 2 fully saturated rings. The monoisotopic (exact) mass is 386 g/mol. The zero-order valence-electron chi connectivity index (χ0n) is 16.0. The fourth-order valence-electron chi connectivity index (χ4n) is 3.72. The molecule has 9 nitrogen and oxygen atoms in total. The highest BCUT2D eigenvalue weighted by Crippen LogP contribution is 2.26.